The van der Waals surface area contributed by atoms with E-state index in [1.807, 2.05) is 6.92 Å². The van der Waals surface area contributed by atoms with Crippen molar-refractivity contribution in [2.45, 2.75) is 45.6 Å². The number of hydrogen-bond acceptors (Lipinski definition) is 4. The lowest BCUT2D eigenvalue weighted by Gasteiger charge is -2.21. The fourth-order valence-corrected chi connectivity index (χ4v) is 3.99. The second-order valence-corrected chi connectivity index (χ2v) is 9.13. The largest absolute Gasteiger partial charge is 0.390 e. The molecule has 198 valence electrons. The van der Waals surface area contributed by atoms with E-state index >= 15 is 0 Å². The Morgan fingerprint density at radius 1 is 1.11 bits per heavy atom. The number of carbonyl (C=O) groups is 2. The van der Waals surface area contributed by atoms with Gasteiger partial charge < -0.3 is 10.6 Å². The van der Waals surface area contributed by atoms with Gasteiger partial charge in [-0.3, -0.25) is 14.2 Å². The van der Waals surface area contributed by atoms with E-state index in [2.05, 4.69) is 15.7 Å². The Balaban J connectivity index is 1.90. The van der Waals surface area contributed by atoms with Gasteiger partial charge in [0.2, 0.25) is 11.8 Å². The second kappa shape index (κ2) is 11.8. The molecular weight excluding hydrogens is 534 g/mol. The summed E-state index contributed by atoms with van der Waals surface area (Å²) in [6.45, 7) is 1.89. The summed E-state index contributed by atoms with van der Waals surface area (Å²) >= 11 is 12.4. The van der Waals surface area contributed by atoms with E-state index in [-0.39, 0.29) is 28.3 Å². The van der Waals surface area contributed by atoms with Gasteiger partial charge in [0, 0.05) is 25.6 Å². The Hall–Kier alpha value is -3.31. The monoisotopic (exact) mass is 557 g/mol. The minimum atomic E-state index is -4.49. The lowest BCUT2D eigenvalue weighted by atomic mass is 10.1. The number of aryl methyl sites for hydroxylation is 1. The van der Waals surface area contributed by atoms with Gasteiger partial charge in [-0.1, -0.05) is 65.2 Å². The number of amides is 2. The van der Waals surface area contributed by atoms with Gasteiger partial charge >= 0.3 is 11.9 Å². The van der Waals surface area contributed by atoms with Crippen molar-refractivity contribution >= 4 is 35.0 Å². The molecule has 37 heavy (non-hydrogen) atoms. The predicted octanol–water partition coefficient (Wildman–Crippen LogP) is 4.27. The van der Waals surface area contributed by atoms with Crippen molar-refractivity contribution in [1.29, 1.82) is 0 Å². The summed E-state index contributed by atoms with van der Waals surface area (Å²) < 4.78 is 40.4. The maximum absolute atomic E-state index is 13.0. The Bertz CT molecular complexity index is 1340. The number of rotatable bonds is 9. The zero-order valence-electron chi connectivity index (χ0n) is 19.9. The lowest BCUT2D eigenvalue weighted by molar-refractivity contribution is -0.136. The van der Waals surface area contributed by atoms with Crippen molar-refractivity contribution in [3.05, 3.63) is 74.1 Å². The molecule has 1 heterocycles. The molecule has 2 N–H and O–H groups in total. The third-order valence-corrected chi connectivity index (χ3v) is 6.23. The molecule has 1 atom stereocenters. The maximum atomic E-state index is 13.0. The van der Waals surface area contributed by atoms with Gasteiger partial charge in [0.25, 0.3) is 0 Å². The summed E-state index contributed by atoms with van der Waals surface area (Å²) in [5, 5.41) is 9.84. The molecule has 0 spiro atoms. The quantitative estimate of drug-likeness (QED) is 0.410. The normalized spacial score (nSPS) is 12.3. The summed E-state index contributed by atoms with van der Waals surface area (Å²) in [6, 6.07) is 10.7. The van der Waals surface area contributed by atoms with Gasteiger partial charge in [-0.15, -0.1) is 5.10 Å². The first kappa shape index (κ1) is 28.3. The third kappa shape index (κ3) is 7.59. The first-order valence-electron chi connectivity index (χ1n) is 11.1. The highest BCUT2D eigenvalue weighted by molar-refractivity contribution is 6.42. The highest BCUT2D eigenvalue weighted by Crippen LogP contribution is 2.30. The Kier molecular flexibility index (Phi) is 9.03. The standard InChI is InChI=1S/C24H24Cl2F3N5O3/c1-14-6-8-16(9-7-14)22-32-34(23(37)33(22)11-10-24(27,28)29)13-20(36)31-19(12-30-15(2)35)17-4-3-5-18(25)21(17)26/h3-9,19H,10-13H2,1-2H3,(H,30,35)(H,31,36). The molecule has 8 nitrogen and oxygen atoms in total. The van der Waals surface area contributed by atoms with Crippen LogP contribution in [0.3, 0.4) is 0 Å². The smallest absolute Gasteiger partial charge is 0.354 e. The summed E-state index contributed by atoms with van der Waals surface area (Å²) in [6.07, 6.45) is -5.73. The van der Waals surface area contributed by atoms with Crippen LogP contribution in [0.15, 0.2) is 47.3 Å². The molecule has 0 aliphatic heterocycles. The summed E-state index contributed by atoms with van der Waals surface area (Å²) in [4.78, 5) is 37.4. The van der Waals surface area contributed by atoms with Gasteiger partial charge in [-0.2, -0.15) is 13.2 Å². The molecule has 0 aliphatic rings. The van der Waals surface area contributed by atoms with E-state index < -0.39 is 43.3 Å². The summed E-state index contributed by atoms with van der Waals surface area (Å²) in [7, 11) is 0. The van der Waals surface area contributed by atoms with Crippen LogP contribution in [0, 0.1) is 6.92 Å². The number of alkyl halides is 3. The van der Waals surface area contributed by atoms with Gasteiger partial charge in [0.1, 0.15) is 6.54 Å². The fourth-order valence-electron chi connectivity index (χ4n) is 3.55. The Morgan fingerprint density at radius 2 is 1.78 bits per heavy atom. The second-order valence-electron chi connectivity index (χ2n) is 8.35. The highest BCUT2D eigenvalue weighted by atomic mass is 35.5. The summed E-state index contributed by atoms with van der Waals surface area (Å²) in [5.41, 5.74) is 0.906. The SMILES string of the molecule is CC(=O)NCC(NC(=O)Cn1nc(-c2ccc(C)cc2)n(CCC(F)(F)F)c1=O)c1cccc(Cl)c1Cl. The number of nitrogens with one attached hydrogen (secondary N) is 2. The molecule has 0 saturated carbocycles. The molecule has 0 radical (unpaired) electrons. The molecule has 2 aromatic carbocycles. The van der Waals surface area contributed by atoms with Gasteiger partial charge in [0.15, 0.2) is 5.82 Å². The average Bonchev–Trinajstić information content (AvgIpc) is 3.12. The van der Waals surface area contributed by atoms with E-state index in [1.54, 1.807) is 42.5 Å². The van der Waals surface area contributed by atoms with Crippen LogP contribution in [-0.4, -0.2) is 38.9 Å². The zero-order valence-corrected chi connectivity index (χ0v) is 21.4. The van der Waals surface area contributed by atoms with Gasteiger partial charge in [-0.05, 0) is 18.6 Å². The molecule has 1 aromatic heterocycles. The number of aromatic nitrogens is 3. The fraction of sp³-hybridized carbons (Fsp3) is 0.333. The number of hydrogen-bond donors (Lipinski definition) is 2. The van der Waals surface area contributed by atoms with Crippen LogP contribution in [0.2, 0.25) is 10.0 Å². The van der Waals surface area contributed by atoms with Crippen molar-refractivity contribution in [3.63, 3.8) is 0 Å². The van der Waals surface area contributed by atoms with E-state index in [0.29, 0.717) is 11.1 Å². The highest BCUT2D eigenvalue weighted by Gasteiger charge is 2.29. The van der Waals surface area contributed by atoms with E-state index in [4.69, 9.17) is 23.2 Å². The van der Waals surface area contributed by atoms with E-state index in [0.717, 1.165) is 14.8 Å². The van der Waals surface area contributed by atoms with Crippen molar-refractivity contribution in [1.82, 2.24) is 25.0 Å². The molecule has 3 aromatic rings. The van der Waals surface area contributed by atoms with Crippen LogP contribution < -0.4 is 16.3 Å². The van der Waals surface area contributed by atoms with Crippen LogP contribution >= 0.6 is 23.2 Å². The number of benzene rings is 2. The van der Waals surface area contributed by atoms with E-state index in [9.17, 15) is 27.6 Å². The van der Waals surface area contributed by atoms with Crippen LogP contribution in [0.4, 0.5) is 13.2 Å². The number of nitrogens with zero attached hydrogens (tertiary/aromatic N) is 3. The first-order valence-corrected chi connectivity index (χ1v) is 11.9. The van der Waals surface area contributed by atoms with E-state index in [1.165, 1.54) is 6.92 Å². The molecule has 13 heteroatoms. The third-order valence-electron chi connectivity index (χ3n) is 5.39. The van der Waals surface area contributed by atoms with Crippen molar-refractivity contribution < 1.29 is 22.8 Å². The molecule has 0 saturated heterocycles. The number of carbonyl (C=O) groups excluding carboxylic acids is 2. The summed E-state index contributed by atoms with van der Waals surface area (Å²) in [5.74, 6) is -1.01. The minimum absolute atomic E-state index is 0.00901. The maximum Gasteiger partial charge on any atom is 0.390 e. The molecule has 3 rings (SSSR count). The Morgan fingerprint density at radius 3 is 2.41 bits per heavy atom. The van der Waals surface area contributed by atoms with Gasteiger partial charge in [-0.25, -0.2) is 9.48 Å². The molecule has 0 bridgehead atoms. The molecule has 0 fully saturated rings. The van der Waals surface area contributed by atoms with Crippen molar-refractivity contribution in [3.8, 4) is 11.4 Å². The molecule has 2 amide bonds. The van der Waals surface area contributed by atoms with Crippen LogP contribution in [-0.2, 0) is 22.7 Å². The van der Waals surface area contributed by atoms with Crippen LogP contribution in [0.1, 0.15) is 30.5 Å². The number of halogens is 5. The Labute approximate surface area is 220 Å². The first-order chi connectivity index (χ1) is 17.4. The van der Waals surface area contributed by atoms with Crippen LogP contribution in [0.5, 0.6) is 0 Å². The van der Waals surface area contributed by atoms with Crippen LogP contribution in [0.25, 0.3) is 11.4 Å². The zero-order chi connectivity index (χ0) is 27.3. The van der Waals surface area contributed by atoms with Crippen molar-refractivity contribution in [2.24, 2.45) is 0 Å². The van der Waals surface area contributed by atoms with Gasteiger partial charge in [0.05, 0.1) is 22.5 Å². The minimum Gasteiger partial charge on any atom is -0.354 e. The lowest BCUT2D eigenvalue weighted by Crippen LogP contribution is -2.40. The molecule has 1 unspecified atom stereocenters. The molecule has 0 aliphatic carbocycles. The predicted molar refractivity (Wildman–Crippen MR) is 133 cm³/mol. The topological polar surface area (TPSA) is 98.0 Å². The molecular formula is C24H24Cl2F3N5O3. The average molecular weight is 558 g/mol. The van der Waals surface area contributed by atoms with Crippen molar-refractivity contribution in [2.75, 3.05) is 6.54 Å².